The molecule has 0 aliphatic heterocycles. The number of aromatic nitrogens is 3. The van der Waals surface area contributed by atoms with Crippen LogP contribution in [0.4, 0.5) is 0 Å². The summed E-state index contributed by atoms with van der Waals surface area (Å²) in [4.78, 5) is 8.81. The maximum absolute atomic E-state index is 5.99. The van der Waals surface area contributed by atoms with E-state index >= 15 is 0 Å². The molecule has 3 rings (SSSR count). The number of imidazole rings is 1. The van der Waals surface area contributed by atoms with Gasteiger partial charge in [-0.2, -0.15) is 0 Å². The third-order valence-electron chi connectivity index (χ3n) is 2.96. The van der Waals surface area contributed by atoms with Gasteiger partial charge in [-0.3, -0.25) is 4.40 Å². The minimum absolute atomic E-state index is 0.772. The molecule has 3 aromatic rings. The van der Waals surface area contributed by atoms with Crippen molar-refractivity contribution in [3.63, 3.8) is 0 Å². The standard InChI is InChI=1S/C14H11BrClN3/c15-13-14-17-7-2-8-19(14)12(18-13)6-5-10-3-1-4-11(16)9-10/h1-4,7-9H,5-6H2. The van der Waals surface area contributed by atoms with E-state index < -0.39 is 0 Å². The summed E-state index contributed by atoms with van der Waals surface area (Å²) in [7, 11) is 0. The zero-order valence-electron chi connectivity index (χ0n) is 10.1. The Hall–Kier alpha value is -1.39. The van der Waals surface area contributed by atoms with Crippen molar-refractivity contribution >= 4 is 33.2 Å². The third kappa shape index (κ3) is 2.65. The van der Waals surface area contributed by atoms with Gasteiger partial charge in [0.25, 0.3) is 0 Å². The maximum Gasteiger partial charge on any atom is 0.171 e. The lowest BCUT2D eigenvalue weighted by Crippen LogP contribution is -1.98. The predicted molar refractivity (Wildman–Crippen MR) is 79.5 cm³/mol. The van der Waals surface area contributed by atoms with E-state index in [0.29, 0.717) is 0 Å². The van der Waals surface area contributed by atoms with Crippen molar-refractivity contribution in [1.29, 1.82) is 0 Å². The summed E-state index contributed by atoms with van der Waals surface area (Å²) in [6.07, 6.45) is 5.50. The lowest BCUT2D eigenvalue weighted by atomic mass is 10.1. The van der Waals surface area contributed by atoms with E-state index in [2.05, 4.69) is 32.0 Å². The predicted octanol–water partition coefficient (Wildman–Crippen LogP) is 3.93. The van der Waals surface area contributed by atoms with E-state index in [9.17, 15) is 0 Å². The highest BCUT2D eigenvalue weighted by molar-refractivity contribution is 9.10. The van der Waals surface area contributed by atoms with Crippen LogP contribution in [0.3, 0.4) is 0 Å². The molecular formula is C14H11BrClN3. The zero-order valence-corrected chi connectivity index (χ0v) is 12.4. The molecule has 3 nitrogen and oxygen atoms in total. The van der Waals surface area contributed by atoms with Crippen LogP contribution in [-0.2, 0) is 12.8 Å². The summed E-state index contributed by atoms with van der Waals surface area (Å²) in [5.74, 6) is 0.995. The molecule has 0 bridgehead atoms. The molecule has 0 aliphatic rings. The van der Waals surface area contributed by atoms with Gasteiger partial charge in [0.1, 0.15) is 5.82 Å². The second-order valence-electron chi connectivity index (χ2n) is 4.26. The number of halogens is 2. The van der Waals surface area contributed by atoms with Crippen molar-refractivity contribution in [3.8, 4) is 0 Å². The lowest BCUT2D eigenvalue weighted by molar-refractivity contribution is 0.849. The van der Waals surface area contributed by atoms with E-state index in [1.165, 1.54) is 5.56 Å². The first-order valence-corrected chi connectivity index (χ1v) is 7.13. The first kappa shape index (κ1) is 12.6. The molecule has 19 heavy (non-hydrogen) atoms. The molecule has 0 spiro atoms. The summed E-state index contributed by atoms with van der Waals surface area (Å²) >= 11 is 9.43. The van der Waals surface area contributed by atoms with Crippen LogP contribution in [0.2, 0.25) is 5.02 Å². The van der Waals surface area contributed by atoms with Crippen molar-refractivity contribution in [1.82, 2.24) is 14.4 Å². The highest BCUT2D eigenvalue weighted by Gasteiger charge is 2.09. The smallest absolute Gasteiger partial charge is 0.171 e. The second kappa shape index (κ2) is 5.31. The third-order valence-corrected chi connectivity index (χ3v) is 3.73. The van der Waals surface area contributed by atoms with Gasteiger partial charge in [-0.15, -0.1) is 0 Å². The molecule has 2 aromatic heterocycles. The van der Waals surface area contributed by atoms with Crippen LogP contribution < -0.4 is 0 Å². The number of nitrogens with zero attached hydrogens (tertiary/aromatic N) is 3. The van der Waals surface area contributed by atoms with Crippen molar-refractivity contribution in [3.05, 3.63) is 63.7 Å². The molecule has 0 amide bonds. The SMILES string of the molecule is Clc1cccc(CCc2nc(Br)c3ncccn23)c1. The normalized spacial score (nSPS) is 11.1. The molecule has 0 saturated carbocycles. The molecule has 0 fully saturated rings. The van der Waals surface area contributed by atoms with Crippen LogP contribution in [-0.4, -0.2) is 14.4 Å². The van der Waals surface area contributed by atoms with Gasteiger partial charge in [-0.05, 0) is 46.1 Å². The number of rotatable bonds is 3. The summed E-state index contributed by atoms with van der Waals surface area (Å²) in [6.45, 7) is 0. The quantitative estimate of drug-likeness (QED) is 0.725. The Bertz CT molecular complexity index is 724. The maximum atomic E-state index is 5.99. The largest absolute Gasteiger partial charge is 0.287 e. The van der Waals surface area contributed by atoms with Gasteiger partial charge >= 0.3 is 0 Å². The Morgan fingerprint density at radius 1 is 1.21 bits per heavy atom. The zero-order chi connectivity index (χ0) is 13.2. The fourth-order valence-electron chi connectivity index (χ4n) is 2.07. The molecule has 96 valence electrons. The first-order chi connectivity index (χ1) is 9.24. The van der Waals surface area contributed by atoms with Crippen LogP contribution in [0, 0.1) is 0 Å². The fourth-order valence-corrected chi connectivity index (χ4v) is 2.79. The molecule has 0 aliphatic carbocycles. The molecule has 1 aromatic carbocycles. The van der Waals surface area contributed by atoms with E-state index in [1.54, 1.807) is 6.20 Å². The van der Waals surface area contributed by atoms with Crippen LogP contribution in [0.5, 0.6) is 0 Å². The lowest BCUT2D eigenvalue weighted by Gasteiger charge is -2.02. The Balaban J connectivity index is 1.86. The number of fused-ring (bicyclic) bond motifs is 1. The average Bonchev–Trinajstić information content (AvgIpc) is 2.74. The van der Waals surface area contributed by atoms with Crippen molar-refractivity contribution < 1.29 is 0 Å². The van der Waals surface area contributed by atoms with Gasteiger partial charge in [0.2, 0.25) is 0 Å². The van der Waals surface area contributed by atoms with Crippen LogP contribution in [0.15, 0.2) is 47.3 Å². The average molecular weight is 337 g/mol. The topological polar surface area (TPSA) is 30.2 Å². The van der Waals surface area contributed by atoms with Gasteiger partial charge in [0.15, 0.2) is 10.3 Å². The molecule has 5 heteroatoms. The Morgan fingerprint density at radius 3 is 2.95 bits per heavy atom. The second-order valence-corrected chi connectivity index (χ2v) is 5.45. The van der Waals surface area contributed by atoms with Gasteiger partial charge in [-0.25, -0.2) is 9.97 Å². The van der Waals surface area contributed by atoms with E-state index in [0.717, 1.165) is 33.9 Å². The highest BCUT2D eigenvalue weighted by atomic mass is 79.9. The number of aryl methyl sites for hydroxylation is 2. The number of hydrogen-bond donors (Lipinski definition) is 0. The highest BCUT2D eigenvalue weighted by Crippen LogP contribution is 2.18. The minimum atomic E-state index is 0.772. The van der Waals surface area contributed by atoms with E-state index in [-0.39, 0.29) is 0 Å². The van der Waals surface area contributed by atoms with Crippen LogP contribution in [0.1, 0.15) is 11.4 Å². The molecule has 2 heterocycles. The van der Waals surface area contributed by atoms with Gasteiger partial charge in [-0.1, -0.05) is 23.7 Å². The Labute approximate surface area is 124 Å². The van der Waals surface area contributed by atoms with E-state index in [1.807, 2.05) is 34.9 Å². The van der Waals surface area contributed by atoms with Gasteiger partial charge in [0.05, 0.1) is 0 Å². The van der Waals surface area contributed by atoms with Gasteiger partial charge < -0.3 is 0 Å². The molecule has 0 saturated heterocycles. The van der Waals surface area contributed by atoms with Crippen molar-refractivity contribution in [2.75, 3.05) is 0 Å². The van der Waals surface area contributed by atoms with E-state index in [4.69, 9.17) is 11.6 Å². The first-order valence-electron chi connectivity index (χ1n) is 5.96. The molecular weight excluding hydrogens is 326 g/mol. The molecule has 0 N–H and O–H groups in total. The summed E-state index contributed by atoms with van der Waals surface area (Å²) < 4.78 is 2.79. The molecule has 0 atom stereocenters. The summed E-state index contributed by atoms with van der Waals surface area (Å²) in [5.41, 5.74) is 2.06. The molecule has 0 radical (unpaired) electrons. The van der Waals surface area contributed by atoms with Crippen molar-refractivity contribution in [2.45, 2.75) is 12.8 Å². The minimum Gasteiger partial charge on any atom is -0.287 e. The monoisotopic (exact) mass is 335 g/mol. The van der Waals surface area contributed by atoms with Gasteiger partial charge in [0, 0.05) is 23.8 Å². The fraction of sp³-hybridized carbons (Fsp3) is 0.143. The summed E-state index contributed by atoms with van der Waals surface area (Å²) in [5, 5.41) is 0.772. The van der Waals surface area contributed by atoms with Crippen molar-refractivity contribution in [2.24, 2.45) is 0 Å². The Morgan fingerprint density at radius 2 is 2.11 bits per heavy atom. The Kier molecular flexibility index (Phi) is 3.53. The number of hydrogen-bond acceptors (Lipinski definition) is 2. The van der Waals surface area contributed by atoms with Crippen LogP contribution in [0.25, 0.3) is 5.65 Å². The molecule has 0 unspecified atom stereocenters. The summed E-state index contributed by atoms with van der Waals surface area (Å²) in [6, 6.07) is 9.83. The van der Waals surface area contributed by atoms with Crippen LogP contribution >= 0.6 is 27.5 Å². The number of benzene rings is 1.